The van der Waals surface area contributed by atoms with E-state index in [4.69, 9.17) is 5.26 Å². The number of anilines is 1. The minimum Gasteiger partial charge on any atom is -0.281 e. The van der Waals surface area contributed by atoms with Crippen molar-refractivity contribution in [3.8, 4) is 6.19 Å². The van der Waals surface area contributed by atoms with Crippen LogP contribution in [0, 0.1) is 11.5 Å². The molecule has 0 bridgehead atoms. The average Bonchev–Trinajstić information content (AvgIpc) is 2.05. The van der Waals surface area contributed by atoms with Gasteiger partial charge in [0.15, 0.2) is 6.19 Å². The van der Waals surface area contributed by atoms with Crippen LogP contribution in [0.3, 0.4) is 0 Å². The molecular formula is C7H7N3. The number of hydrogen-bond acceptors (Lipinski definition) is 3. The lowest BCUT2D eigenvalue weighted by Crippen LogP contribution is -2.07. The summed E-state index contributed by atoms with van der Waals surface area (Å²) >= 11 is 0. The molecule has 0 fully saturated rings. The van der Waals surface area contributed by atoms with Gasteiger partial charge in [-0.25, -0.2) is 0 Å². The van der Waals surface area contributed by atoms with Gasteiger partial charge in [0, 0.05) is 13.2 Å². The van der Waals surface area contributed by atoms with Crippen molar-refractivity contribution in [2.45, 2.75) is 0 Å². The molecule has 0 amide bonds. The van der Waals surface area contributed by atoms with E-state index in [9.17, 15) is 0 Å². The highest BCUT2D eigenvalue weighted by Gasteiger charge is 1.94. The van der Waals surface area contributed by atoms with E-state index in [0.717, 1.165) is 5.69 Å². The monoisotopic (exact) mass is 133 g/mol. The summed E-state index contributed by atoms with van der Waals surface area (Å²) in [5, 5.41) is 8.44. The summed E-state index contributed by atoms with van der Waals surface area (Å²) in [6, 6.07) is 3.62. The lowest BCUT2D eigenvalue weighted by Gasteiger charge is -2.05. The van der Waals surface area contributed by atoms with Crippen LogP contribution >= 0.6 is 0 Å². The fraction of sp³-hybridized carbons (Fsp3) is 0.143. The number of pyridine rings is 1. The third kappa shape index (κ3) is 1.23. The van der Waals surface area contributed by atoms with Crippen LogP contribution < -0.4 is 4.90 Å². The normalized spacial score (nSPS) is 8.40. The van der Waals surface area contributed by atoms with Crippen molar-refractivity contribution in [1.29, 1.82) is 5.26 Å². The van der Waals surface area contributed by atoms with Gasteiger partial charge in [0.05, 0.1) is 11.9 Å². The topological polar surface area (TPSA) is 39.9 Å². The standard InChI is InChI=1S/C7H7N3/c1-10(6-8)7-3-2-4-9-5-7/h2-5H,1H3. The Labute approximate surface area is 59.5 Å². The van der Waals surface area contributed by atoms with Crippen molar-refractivity contribution in [3.05, 3.63) is 24.5 Å². The Morgan fingerprint density at radius 2 is 2.50 bits per heavy atom. The van der Waals surface area contributed by atoms with Gasteiger partial charge in [-0.15, -0.1) is 0 Å². The highest BCUT2D eigenvalue weighted by molar-refractivity contribution is 5.46. The molecule has 0 aromatic carbocycles. The smallest absolute Gasteiger partial charge is 0.184 e. The van der Waals surface area contributed by atoms with Gasteiger partial charge in [-0.2, -0.15) is 5.26 Å². The van der Waals surface area contributed by atoms with Crippen LogP contribution in [0.4, 0.5) is 5.69 Å². The van der Waals surface area contributed by atoms with Gasteiger partial charge in [0.25, 0.3) is 0 Å². The van der Waals surface area contributed by atoms with E-state index in [2.05, 4.69) is 4.98 Å². The Kier molecular flexibility index (Phi) is 1.86. The SMILES string of the molecule is CN(C#N)c1cccnc1. The zero-order valence-corrected chi connectivity index (χ0v) is 5.65. The zero-order chi connectivity index (χ0) is 7.40. The molecule has 0 radical (unpaired) electrons. The van der Waals surface area contributed by atoms with Gasteiger partial charge in [-0.3, -0.25) is 9.88 Å². The number of aromatic nitrogens is 1. The second kappa shape index (κ2) is 2.83. The molecule has 0 N–H and O–H groups in total. The lowest BCUT2D eigenvalue weighted by atomic mass is 10.4. The molecule has 3 nitrogen and oxygen atoms in total. The first-order chi connectivity index (χ1) is 4.84. The Balaban J connectivity index is 2.88. The van der Waals surface area contributed by atoms with E-state index < -0.39 is 0 Å². The first-order valence-electron chi connectivity index (χ1n) is 2.88. The number of rotatable bonds is 1. The lowest BCUT2D eigenvalue weighted by molar-refractivity contribution is 1.17. The molecule has 0 unspecified atom stereocenters. The molecule has 0 atom stereocenters. The maximum Gasteiger partial charge on any atom is 0.184 e. The molecular weight excluding hydrogens is 126 g/mol. The molecule has 1 aromatic rings. The van der Waals surface area contributed by atoms with E-state index in [0.29, 0.717) is 0 Å². The molecule has 50 valence electrons. The minimum absolute atomic E-state index is 0.810. The van der Waals surface area contributed by atoms with Crippen LogP contribution in [0.5, 0.6) is 0 Å². The van der Waals surface area contributed by atoms with E-state index >= 15 is 0 Å². The molecule has 3 heteroatoms. The highest BCUT2D eigenvalue weighted by Crippen LogP contribution is 2.06. The molecule has 0 spiro atoms. The van der Waals surface area contributed by atoms with E-state index in [1.165, 1.54) is 4.90 Å². The Morgan fingerprint density at radius 1 is 1.70 bits per heavy atom. The van der Waals surface area contributed by atoms with E-state index in [1.54, 1.807) is 25.5 Å². The van der Waals surface area contributed by atoms with Crippen molar-refractivity contribution in [1.82, 2.24) is 4.98 Å². The first-order valence-corrected chi connectivity index (χ1v) is 2.88. The molecule has 10 heavy (non-hydrogen) atoms. The number of nitrogens with zero attached hydrogens (tertiary/aromatic N) is 3. The molecule has 0 aliphatic heterocycles. The molecule has 1 aromatic heterocycles. The van der Waals surface area contributed by atoms with Crippen LogP contribution in [-0.4, -0.2) is 12.0 Å². The molecule has 0 aliphatic carbocycles. The van der Waals surface area contributed by atoms with Gasteiger partial charge in [0.1, 0.15) is 0 Å². The Bertz CT molecular complexity index is 237. The molecule has 1 rings (SSSR count). The summed E-state index contributed by atoms with van der Waals surface area (Å²) < 4.78 is 0. The van der Waals surface area contributed by atoms with E-state index in [1.807, 2.05) is 12.3 Å². The second-order valence-corrected chi connectivity index (χ2v) is 1.87. The number of nitriles is 1. The van der Waals surface area contributed by atoms with Gasteiger partial charge in [-0.05, 0) is 12.1 Å². The van der Waals surface area contributed by atoms with Crippen LogP contribution in [0.1, 0.15) is 0 Å². The summed E-state index contributed by atoms with van der Waals surface area (Å²) in [4.78, 5) is 5.31. The summed E-state index contributed by atoms with van der Waals surface area (Å²) in [6.45, 7) is 0. The van der Waals surface area contributed by atoms with Crippen molar-refractivity contribution in [2.75, 3.05) is 11.9 Å². The summed E-state index contributed by atoms with van der Waals surface area (Å²) in [7, 11) is 1.69. The average molecular weight is 133 g/mol. The van der Waals surface area contributed by atoms with Crippen LogP contribution in [0.25, 0.3) is 0 Å². The Morgan fingerprint density at radius 3 is 3.00 bits per heavy atom. The maximum atomic E-state index is 8.44. The van der Waals surface area contributed by atoms with Crippen molar-refractivity contribution < 1.29 is 0 Å². The van der Waals surface area contributed by atoms with Crippen molar-refractivity contribution in [2.24, 2.45) is 0 Å². The fourth-order valence-electron chi connectivity index (χ4n) is 0.610. The van der Waals surface area contributed by atoms with Crippen molar-refractivity contribution in [3.63, 3.8) is 0 Å². The zero-order valence-electron chi connectivity index (χ0n) is 5.65. The molecule has 0 saturated carbocycles. The minimum atomic E-state index is 0.810. The third-order valence-electron chi connectivity index (χ3n) is 1.18. The maximum absolute atomic E-state index is 8.44. The van der Waals surface area contributed by atoms with Gasteiger partial charge >= 0.3 is 0 Å². The third-order valence-corrected chi connectivity index (χ3v) is 1.18. The summed E-state index contributed by atoms with van der Waals surface area (Å²) in [5.74, 6) is 0. The van der Waals surface area contributed by atoms with Gasteiger partial charge in [-0.1, -0.05) is 0 Å². The second-order valence-electron chi connectivity index (χ2n) is 1.87. The largest absolute Gasteiger partial charge is 0.281 e. The predicted octanol–water partition coefficient (Wildman–Crippen LogP) is 0.999. The van der Waals surface area contributed by atoms with Crippen LogP contribution in [-0.2, 0) is 0 Å². The fourth-order valence-corrected chi connectivity index (χ4v) is 0.610. The first kappa shape index (κ1) is 6.56. The van der Waals surface area contributed by atoms with Gasteiger partial charge in [0.2, 0.25) is 0 Å². The summed E-state index contributed by atoms with van der Waals surface area (Å²) in [6.07, 6.45) is 5.29. The molecule has 0 saturated heterocycles. The predicted molar refractivity (Wildman–Crippen MR) is 38.3 cm³/mol. The van der Waals surface area contributed by atoms with Crippen LogP contribution in [0.2, 0.25) is 0 Å². The highest BCUT2D eigenvalue weighted by atomic mass is 15.1. The molecule has 1 heterocycles. The summed E-state index contributed by atoms with van der Waals surface area (Å²) in [5.41, 5.74) is 0.810. The van der Waals surface area contributed by atoms with Gasteiger partial charge < -0.3 is 0 Å². The van der Waals surface area contributed by atoms with Crippen molar-refractivity contribution >= 4 is 5.69 Å². The quantitative estimate of drug-likeness (QED) is 0.424. The van der Waals surface area contributed by atoms with Crippen LogP contribution in [0.15, 0.2) is 24.5 Å². The number of hydrogen-bond donors (Lipinski definition) is 0. The van der Waals surface area contributed by atoms with E-state index in [-0.39, 0.29) is 0 Å². The molecule has 0 aliphatic rings. The Hall–Kier alpha value is -1.56.